The predicted molar refractivity (Wildman–Crippen MR) is 297 cm³/mol. The fourth-order valence-electron chi connectivity index (χ4n) is 8.47. The third-order valence-electron chi connectivity index (χ3n) is 13.0. The lowest BCUT2D eigenvalue weighted by atomic mass is 10.00. The second-order valence-electron chi connectivity index (χ2n) is 20.5. The Kier molecular flexibility index (Phi) is 28.0. The van der Waals surface area contributed by atoms with Gasteiger partial charge in [-0.3, -0.25) is 57.5 Å². The first-order valence-corrected chi connectivity index (χ1v) is 26.9. The molecule has 0 spiro atoms. The van der Waals surface area contributed by atoms with Crippen LogP contribution in [0.4, 0.5) is 0 Å². The number of carboxylic acids is 3. The summed E-state index contributed by atoms with van der Waals surface area (Å²) >= 11 is 0. The molecule has 20 N–H and O–H groups in total. The Balaban J connectivity index is 1.93. The van der Waals surface area contributed by atoms with Gasteiger partial charge in [0.2, 0.25) is 53.2 Å². The number of hydrogen-bond acceptors (Lipinski definition) is 16. The van der Waals surface area contributed by atoms with Gasteiger partial charge in [0, 0.05) is 42.8 Å². The first-order chi connectivity index (χ1) is 39.1. The summed E-state index contributed by atoms with van der Waals surface area (Å²) in [6.07, 6.45) is -3.51. The van der Waals surface area contributed by atoms with Gasteiger partial charge < -0.3 is 90.3 Å². The molecule has 10 atom stereocenters. The molecule has 29 nitrogen and oxygen atoms in total. The van der Waals surface area contributed by atoms with Gasteiger partial charge in [0.25, 0.3) is 0 Å². The summed E-state index contributed by atoms with van der Waals surface area (Å²) in [7, 11) is 0. The number of carbonyl (C=O) groups is 12. The van der Waals surface area contributed by atoms with Crippen molar-refractivity contribution >= 4 is 82.0 Å². The predicted octanol–water partition coefficient (Wildman–Crippen LogP) is -2.48. The molecule has 0 unspecified atom stereocenters. The van der Waals surface area contributed by atoms with E-state index in [2.05, 4.69) is 47.5 Å². The van der Waals surface area contributed by atoms with E-state index >= 15 is 0 Å². The number of aromatic amines is 1. The Morgan fingerprint density at radius 2 is 1.01 bits per heavy atom. The summed E-state index contributed by atoms with van der Waals surface area (Å²) in [6, 6.07) is -1.26. The molecule has 2 aromatic carbocycles. The van der Waals surface area contributed by atoms with Crippen molar-refractivity contribution in [1.29, 1.82) is 0 Å². The SMILES string of the molecule is CC(C)C[C@H](NC(=O)[C@@H](N)Cc1ccc(O)cc1)C(=O)N[C@@H](CCC(N)=O)C(=O)N[C@@H](CCCCN)C(=O)N[C@@H](CCC(=O)O)C(=O)N[C@H](C(=O)N[C@@H](Cc1c[nH]c2ccccc12)C(=O)N[C@@H](CCC(=O)O)C(=O)N[C@@H](C)C(=O)O)[C@@H](C)O. The Bertz CT molecular complexity index is 2750. The quantitative estimate of drug-likeness (QED) is 0.0266. The normalized spacial score (nSPS) is 14.8. The molecule has 0 aliphatic heterocycles. The molecular weight excluding hydrogens is 1090 g/mol. The van der Waals surface area contributed by atoms with Gasteiger partial charge >= 0.3 is 17.9 Å². The molecule has 0 aliphatic carbocycles. The van der Waals surface area contributed by atoms with Crippen LogP contribution in [0.1, 0.15) is 103 Å². The number of nitrogens with two attached hydrogens (primary N) is 3. The first-order valence-electron chi connectivity index (χ1n) is 26.9. The molecule has 9 amide bonds. The van der Waals surface area contributed by atoms with E-state index in [0.29, 0.717) is 28.5 Å². The second kappa shape index (κ2) is 33.9. The van der Waals surface area contributed by atoms with Gasteiger partial charge in [-0.05, 0) is 107 Å². The third kappa shape index (κ3) is 23.7. The van der Waals surface area contributed by atoms with E-state index in [1.165, 1.54) is 18.3 Å². The molecule has 83 heavy (non-hydrogen) atoms. The van der Waals surface area contributed by atoms with Crippen LogP contribution in [0.3, 0.4) is 0 Å². The zero-order valence-corrected chi connectivity index (χ0v) is 46.6. The van der Waals surface area contributed by atoms with Gasteiger partial charge in [-0.15, -0.1) is 0 Å². The Morgan fingerprint density at radius 1 is 0.542 bits per heavy atom. The van der Waals surface area contributed by atoms with E-state index in [1.807, 2.05) is 0 Å². The zero-order valence-electron chi connectivity index (χ0n) is 46.6. The summed E-state index contributed by atoms with van der Waals surface area (Å²) in [5.74, 6) is -13.5. The van der Waals surface area contributed by atoms with Crippen LogP contribution in [0.15, 0.2) is 54.7 Å². The topological polar surface area (TPSA) is 496 Å². The molecule has 0 radical (unpaired) electrons. The molecule has 3 rings (SSSR count). The molecule has 456 valence electrons. The number of hydrogen-bond donors (Lipinski definition) is 17. The number of aromatic nitrogens is 1. The molecule has 29 heteroatoms. The van der Waals surface area contributed by atoms with Crippen molar-refractivity contribution < 1.29 is 83.1 Å². The van der Waals surface area contributed by atoms with Crippen LogP contribution in [0, 0.1) is 5.92 Å². The Labute approximate surface area is 477 Å². The van der Waals surface area contributed by atoms with E-state index in [-0.39, 0.29) is 50.3 Å². The highest BCUT2D eigenvalue weighted by atomic mass is 16.4. The lowest BCUT2D eigenvalue weighted by molar-refractivity contribution is -0.142. The zero-order chi connectivity index (χ0) is 62.1. The van der Waals surface area contributed by atoms with E-state index in [0.717, 1.165) is 13.8 Å². The number of carbonyl (C=O) groups excluding carboxylic acids is 9. The van der Waals surface area contributed by atoms with Crippen molar-refractivity contribution in [2.24, 2.45) is 23.1 Å². The van der Waals surface area contributed by atoms with Crippen molar-refractivity contribution in [2.75, 3.05) is 6.54 Å². The van der Waals surface area contributed by atoms with Crippen LogP contribution in [-0.2, 0) is 70.4 Å². The smallest absolute Gasteiger partial charge is 0.325 e. The largest absolute Gasteiger partial charge is 0.508 e. The molecule has 0 fully saturated rings. The number of aromatic hydroxyl groups is 1. The van der Waals surface area contributed by atoms with Gasteiger partial charge in [0.05, 0.1) is 12.1 Å². The molecule has 1 heterocycles. The van der Waals surface area contributed by atoms with E-state index in [4.69, 9.17) is 17.2 Å². The number of nitrogens with one attached hydrogen (secondary N) is 9. The van der Waals surface area contributed by atoms with Crippen LogP contribution >= 0.6 is 0 Å². The van der Waals surface area contributed by atoms with Gasteiger partial charge in [-0.2, -0.15) is 0 Å². The maximum atomic E-state index is 14.3. The van der Waals surface area contributed by atoms with E-state index in [1.54, 1.807) is 50.2 Å². The number of aliphatic hydroxyl groups excluding tert-OH is 1. The summed E-state index contributed by atoms with van der Waals surface area (Å²) in [5.41, 5.74) is 19.0. The number of para-hydroxylation sites is 1. The second-order valence-corrected chi connectivity index (χ2v) is 20.5. The number of fused-ring (bicyclic) bond motifs is 1. The van der Waals surface area contributed by atoms with Gasteiger partial charge in [0.15, 0.2) is 0 Å². The molecule has 0 saturated carbocycles. The number of phenols is 1. The molecule has 1 aromatic heterocycles. The number of primary amides is 1. The summed E-state index contributed by atoms with van der Waals surface area (Å²) in [4.78, 5) is 161. The van der Waals surface area contributed by atoms with Crippen LogP contribution in [-0.4, -0.2) is 169 Å². The molecule has 3 aromatic rings. The van der Waals surface area contributed by atoms with Crippen molar-refractivity contribution in [3.05, 3.63) is 65.9 Å². The number of benzene rings is 2. The highest BCUT2D eigenvalue weighted by Crippen LogP contribution is 2.20. The number of amides is 9. The number of rotatable bonds is 37. The number of aliphatic hydroxyl groups is 1. The summed E-state index contributed by atoms with van der Waals surface area (Å²) in [6.45, 7) is 5.89. The van der Waals surface area contributed by atoms with Crippen molar-refractivity contribution in [3.8, 4) is 5.75 Å². The van der Waals surface area contributed by atoms with Gasteiger partial charge in [0.1, 0.15) is 54.1 Å². The van der Waals surface area contributed by atoms with E-state index < -0.39 is 170 Å². The minimum Gasteiger partial charge on any atom is -0.508 e. The maximum Gasteiger partial charge on any atom is 0.325 e. The summed E-state index contributed by atoms with van der Waals surface area (Å²) < 4.78 is 0. The lowest BCUT2D eigenvalue weighted by Crippen LogP contribution is -2.62. The van der Waals surface area contributed by atoms with Crippen LogP contribution in [0.25, 0.3) is 10.9 Å². The van der Waals surface area contributed by atoms with Crippen LogP contribution in [0.5, 0.6) is 5.75 Å². The number of aliphatic carboxylic acids is 3. The average molecular weight is 1170 g/mol. The highest BCUT2D eigenvalue weighted by Gasteiger charge is 2.37. The number of carboxylic acid groups (broad SMARTS) is 3. The van der Waals surface area contributed by atoms with E-state index in [9.17, 15) is 83.1 Å². The first kappa shape index (κ1) is 68.6. The molecule has 0 bridgehead atoms. The van der Waals surface area contributed by atoms with Crippen molar-refractivity contribution in [3.63, 3.8) is 0 Å². The van der Waals surface area contributed by atoms with Gasteiger partial charge in [-0.25, -0.2) is 0 Å². The third-order valence-corrected chi connectivity index (χ3v) is 13.0. The van der Waals surface area contributed by atoms with Crippen molar-refractivity contribution in [2.45, 2.75) is 165 Å². The minimum absolute atomic E-state index is 0.00310. The van der Waals surface area contributed by atoms with Crippen LogP contribution in [0.2, 0.25) is 0 Å². The lowest BCUT2D eigenvalue weighted by Gasteiger charge is -2.29. The number of phenolic OH excluding ortho intramolecular Hbond substituents is 1. The molecule has 0 saturated heterocycles. The Hall–Kier alpha value is -8.70. The highest BCUT2D eigenvalue weighted by molar-refractivity contribution is 5.99. The van der Waals surface area contributed by atoms with Gasteiger partial charge in [-0.1, -0.05) is 44.2 Å². The fourth-order valence-corrected chi connectivity index (χ4v) is 8.47. The molecular formula is C54H78N12O17. The summed E-state index contributed by atoms with van der Waals surface area (Å²) in [5, 5.41) is 69.0. The fraction of sp³-hybridized carbons (Fsp3) is 0.519. The molecule has 0 aliphatic rings. The number of H-pyrrole nitrogens is 1. The van der Waals surface area contributed by atoms with Crippen molar-refractivity contribution in [1.82, 2.24) is 47.5 Å². The number of unbranched alkanes of at least 4 members (excludes halogenated alkanes) is 1. The standard InChI is InChI=1S/C54H78N12O17/c1-27(2)23-40(64-46(74)34(56)24-30-12-14-32(68)15-13-30)51(79)62-37(16-19-42(57)69)49(77)60-36(11-7-8-22-55)48(76)61-39(18-21-44(72)73)50(78)66-45(29(4)67)53(81)65-41(25-31-26-58-35-10-6-5-9-33(31)35)52(80)63-38(17-20-43(70)71)47(75)59-28(3)54(82)83/h5-6,9-10,12-15,26-29,34,36-41,45,58,67-68H,7-8,11,16-25,55-56H2,1-4H3,(H2,57,69)(H,59,75)(H,60,77)(H,61,76)(H,62,79)(H,63,80)(H,64,74)(H,65,81)(H,66,78)(H,70,71)(H,72,73)(H,82,83)/t28-,29+,34-,36-,37-,38-,39-,40-,41-,45-/m0/s1. The van der Waals surface area contributed by atoms with Crippen LogP contribution < -0.4 is 59.7 Å². The monoisotopic (exact) mass is 1170 g/mol. The average Bonchev–Trinajstić information content (AvgIpc) is 4.14. The Morgan fingerprint density at radius 3 is 1.52 bits per heavy atom. The maximum absolute atomic E-state index is 14.3. The minimum atomic E-state index is -1.96.